The third kappa shape index (κ3) is 1.95. The van der Waals surface area contributed by atoms with Gasteiger partial charge in [0, 0.05) is 6.92 Å². The molecule has 4 nitrogen and oxygen atoms in total. The number of thioether (sulfide) groups is 1. The third-order valence-electron chi connectivity index (χ3n) is 1.14. The van der Waals surface area contributed by atoms with Gasteiger partial charge in [0.1, 0.15) is 5.40 Å². The minimum absolute atomic E-state index is 0.0163. The van der Waals surface area contributed by atoms with Crippen molar-refractivity contribution < 1.29 is 4.52 Å². The molecule has 11 heavy (non-hydrogen) atoms. The standard InChI is InChI=1S/C6H7N3OS/c1-4(11-3-7)6-8-5(2)10-9-6/h4H,1-2H3/t4-/m1/s1. The Morgan fingerprint density at radius 1 is 1.73 bits per heavy atom. The zero-order valence-corrected chi connectivity index (χ0v) is 7.05. The smallest absolute Gasteiger partial charge is 0.223 e. The van der Waals surface area contributed by atoms with E-state index in [0.717, 1.165) is 11.8 Å². The van der Waals surface area contributed by atoms with E-state index in [4.69, 9.17) is 9.78 Å². The van der Waals surface area contributed by atoms with Crippen molar-refractivity contribution in [2.24, 2.45) is 0 Å². The van der Waals surface area contributed by atoms with Gasteiger partial charge in [0.2, 0.25) is 5.89 Å². The molecule has 1 atom stereocenters. The lowest BCUT2D eigenvalue weighted by atomic mass is 10.4. The molecule has 0 fully saturated rings. The quantitative estimate of drug-likeness (QED) is 0.630. The second kappa shape index (κ2) is 3.39. The molecule has 5 heteroatoms. The van der Waals surface area contributed by atoms with Crippen LogP contribution in [0.5, 0.6) is 0 Å². The summed E-state index contributed by atoms with van der Waals surface area (Å²) in [5.41, 5.74) is 0. The van der Waals surface area contributed by atoms with Crippen molar-refractivity contribution in [3.05, 3.63) is 11.7 Å². The summed E-state index contributed by atoms with van der Waals surface area (Å²) in [4.78, 5) is 3.98. The molecule has 1 rings (SSSR count). The number of aryl methyl sites for hydroxylation is 1. The summed E-state index contributed by atoms with van der Waals surface area (Å²) < 4.78 is 4.75. The molecule has 0 saturated heterocycles. The first-order chi connectivity index (χ1) is 5.24. The molecule has 0 aliphatic carbocycles. The minimum Gasteiger partial charge on any atom is -0.340 e. The van der Waals surface area contributed by atoms with Gasteiger partial charge < -0.3 is 4.52 Å². The molecule has 1 aromatic rings. The Morgan fingerprint density at radius 3 is 2.91 bits per heavy atom. The summed E-state index contributed by atoms with van der Waals surface area (Å²) in [5, 5.41) is 14.0. The van der Waals surface area contributed by atoms with E-state index in [1.54, 1.807) is 6.92 Å². The van der Waals surface area contributed by atoms with Gasteiger partial charge in [-0.3, -0.25) is 0 Å². The Hall–Kier alpha value is -1.02. The lowest BCUT2D eigenvalue weighted by Gasteiger charge is -1.95. The van der Waals surface area contributed by atoms with Gasteiger partial charge in [0.15, 0.2) is 5.82 Å². The molecular weight excluding hydrogens is 162 g/mol. The van der Waals surface area contributed by atoms with Crippen molar-refractivity contribution in [2.75, 3.05) is 0 Å². The Morgan fingerprint density at radius 2 is 2.45 bits per heavy atom. The Kier molecular flexibility index (Phi) is 2.49. The van der Waals surface area contributed by atoms with Crippen LogP contribution in [0.3, 0.4) is 0 Å². The van der Waals surface area contributed by atoms with Crippen molar-refractivity contribution >= 4 is 11.8 Å². The van der Waals surface area contributed by atoms with Gasteiger partial charge in [0.25, 0.3) is 0 Å². The van der Waals surface area contributed by atoms with Crippen molar-refractivity contribution in [1.82, 2.24) is 10.1 Å². The molecule has 0 aliphatic rings. The first-order valence-corrected chi connectivity index (χ1v) is 3.97. The monoisotopic (exact) mass is 169 g/mol. The van der Waals surface area contributed by atoms with Crippen molar-refractivity contribution in [1.29, 1.82) is 5.26 Å². The van der Waals surface area contributed by atoms with Crippen LogP contribution in [0.25, 0.3) is 0 Å². The molecule has 0 saturated carbocycles. The Balaban J connectivity index is 2.70. The number of hydrogen-bond acceptors (Lipinski definition) is 5. The largest absolute Gasteiger partial charge is 0.340 e. The maximum absolute atomic E-state index is 8.33. The van der Waals surface area contributed by atoms with Crippen LogP contribution in [0.4, 0.5) is 0 Å². The first kappa shape index (κ1) is 8.08. The number of aromatic nitrogens is 2. The summed E-state index contributed by atoms with van der Waals surface area (Å²) in [6.45, 7) is 3.58. The average Bonchev–Trinajstić information content (AvgIpc) is 2.36. The third-order valence-corrected chi connectivity index (χ3v) is 1.81. The molecule has 0 radical (unpaired) electrons. The zero-order valence-electron chi connectivity index (χ0n) is 6.24. The van der Waals surface area contributed by atoms with Crippen molar-refractivity contribution in [3.63, 3.8) is 0 Å². The SMILES string of the molecule is Cc1nc([C@@H](C)SC#N)no1. The summed E-state index contributed by atoms with van der Waals surface area (Å²) >= 11 is 1.12. The van der Waals surface area contributed by atoms with Gasteiger partial charge in [-0.2, -0.15) is 10.2 Å². The Bertz CT molecular complexity index is 278. The molecule has 58 valence electrons. The second-order valence-corrected chi connectivity index (χ2v) is 3.15. The highest BCUT2D eigenvalue weighted by molar-refractivity contribution is 8.03. The molecule has 0 unspecified atom stereocenters. The van der Waals surface area contributed by atoms with Crippen LogP contribution in [-0.4, -0.2) is 10.1 Å². The highest BCUT2D eigenvalue weighted by atomic mass is 32.2. The fraction of sp³-hybridized carbons (Fsp3) is 0.500. The average molecular weight is 169 g/mol. The van der Waals surface area contributed by atoms with E-state index in [-0.39, 0.29) is 5.25 Å². The van der Waals surface area contributed by atoms with Crippen LogP contribution in [0.2, 0.25) is 0 Å². The van der Waals surface area contributed by atoms with Crippen LogP contribution < -0.4 is 0 Å². The van der Waals surface area contributed by atoms with Crippen LogP contribution in [0.1, 0.15) is 23.9 Å². The predicted molar refractivity (Wildman–Crippen MR) is 40.7 cm³/mol. The summed E-state index contributed by atoms with van der Waals surface area (Å²) in [6.07, 6.45) is 0. The van der Waals surface area contributed by atoms with Crippen molar-refractivity contribution in [2.45, 2.75) is 19.1 Å². The van der Waals surface area contributed by atoms with Crippen molar-refractivity contribution in [3.8, 4) is 5.40 Å². The highest BCUT2D eigenvalue weighted by Crippen LogP contribution is 2.23. The van der Waals surface area contributed by atoms with Gasteiger partial charge in [-0.25, -0.2) is 0 Å². The first-order valence-electron chi connectivity index (χ1n) is 3.09. The fourth-order valence-electron chi connectivity index (χ4n) is 0.612. The molecule has 0 N–H and O–H groups in total. The van der Waals surface area contributed by atoms with Crippen LogP contribution >= 0.6 is 11.8 Å². The van der Waals surface area contributed by atoms with E-state index in [2.05, 4.69) is 10.1 Å². The number of thiocyanates is 1. The molecular formula is C6H7N3OS. The van der Waals surface area contributed by atoms with Gasteiger partial charge in [-0.15, -0.1) is 0 Å². The molecule has 0 aliphatic heterocycles. The molecule has 0 amide bonds. The number of nitriles is 1. The second-order valence-electron chi connectivity index (χ2n) is 2.02. The number of nitrogens with zero attached hydrogens (tertiary/aromatic N) is 3. The molecule has 0 spiro atoms. The lowest BCUT2D eigenvalue weighted by molar-refractivity contribution is 0.387. The fourth-order valence-corrected chi connectivity index (χ4v) is 0.971. The van der Waals surface area contributed by atoms with E-state index >= 15 is 0 Å². The normalized spacial score (nSPS) is 12.5. The van der Waals surface area contributed by atoms with E-state index < -0.39 is 0 Å². The maximum Gasteiger partial charge on any atom is 0.223 e. The molecule has 0 aromatic carbocycles. The van der Waals surface area contributed by atoms with Crippen LogP contribution in [0.15, 0.2) is 4.52 Å². The van der Waals surface area contributed by atoms with Crippen LogP contribution in [-0.2, 0) is 0 Å². The molecule has 0 bridgehead atoms. The highest BCUT2D eigenvalue weighted by Gasteiger charge is 2.11. The lowest BCUT2D eigenvalue weighted by Crippen LogP contribution is -1.89. The van der Waals surface area contributed by atoms with Gasteiger partial charge in [-0.05, 0) is 18.7 Å². The predicted octanol–water partition coefficient (Wildman–Crippen LogP) is 1.65. The van der Waals surface area contributed by atoms with E-state index in [0.29, 0.717) is 11.7 Å². The number of hydrogen-bond donors (Lipinski definition) is 0. The van der Waals surface area contributed by atoms with E-state index in [1.165, 1.54) is 0 Å². The summed E-state index contributed by atoms with van der Waals surface area (Å²) in [7, 11) is 0. The van der Waals surface area contributed by atoms with E-state index in [1.807, 2.05) is 12.3 Å². The van der Waals surface area contributed by atoms with Crippen LogP contribution in [0, 0.1) is 17.6 Å². The molecule has 1 heterocycles. The number of rotatable bonds is 2. The maximum atomic E-state index is 8.33. The topological polar surface area (TPSA) is 62.7 Å². The van der Waals surface area contributed by atoms with Gasteiger partial charge >= 0.3 is 0 Å². The van der Waals surface area contributed by atoms with Gasteiger partial charge in [-0.1, -0.05) is 5.16 Å². The molecule has 1 aromatic heterocycles. The van der Waals surface area contributed by atoms with Gasteiger partial charge in [0.05, 0.1) is 5.25 Å². The summed E-state index contributed by atoms with van der Waals surface area (Å²) in [6, 6.07) is 0. The minimum atomic E-state index is -0.0163. The Labute approximate surface area is 68.6 Å². The zero-order chi connectivity index (χ0) is 8.27. The summed E-state index contributed by atoms with van der Waals surface area (Å²) in [5.74, 6) is 1.11. The van der Waals surface area contributed by atoms with E-state index in [9.17, 15) is 0 Å².